The summed E-state index contributed by atoms with van der Waals surface area (Å²) in [7, 11) is 0. The molecule has 1 atom stereocenters. The molecule has 24 heavy (non-hydrogen) atoms. The quantitative estimate of drug-likeness (QED) is 0.639. The van der Waals surface area contributed by atoms with E-state index in [0.717, 1.165) is 6.42 Å². The Bertz CT molecular complexity index is 619. The van der Waals surface area contributed by atoms with Crippen molar-refractivity contribution in [1.29, 1.82) is 0 Å². The molecular formula is C22H25NO. The van der Waals surface area contributed by atoms with Crippen molar-refractivity contribution in [1.82, 2.24) is 4.90 Å². The molecule has 0 N–H and O–H groups in total. The van der Waals surface area contributed by atoms with Gasteiger partial charge in [-0.2, -0.15) is 0 Å². The highest BCUT2D eigenvalue weighted by Crippen LogP contribution is 2.40. The Balaban J connectivity index is 1.80. The lowest BCUT2D eigenvalue weighted by Crippen LogP contribution is -2.36. The summed E-state index contributed by atoms with van der Waals surface area (Å²) in [5.41, 5.74) is 2.35. The van der Waals surface area contributed by atoms with E-state index >= 15 is 0 Å². The van der Waals surface area contributed by atoms with E-state index in [1.807, 2.05) is 47.4 Å². The molecule has 1 unspecified atom stereocenters. The Labute approximate surface area is 144 Å². The zero-order valence-corrected chi connectivity index (χ0v) is 14.1. The molecule has 124 valence electrons. The predicted molar refractivity (Wildman–Crippen MR) is 98.2 cm³/mol. The van der Waals surface area contributed by atoms with Crippen LogP contribution in [0.5, 0.6) is 0 Å². The first-order chi connectivity index (χ1) is 11.8. The Morgan fingerprint density at radius 2 is 1.50 bits per heavy atom. The third-order valence-corrected chi connectivity index (χ3v) is 4.67. The van der Waals surface area contributed by atoms with E-state index in [9.17, 15) is 4.79 Å². The highest BCUT2D eigenvalue weighted by Gasteiger charge is 2.37. The van der Waals surface area contributed by atoms with E-state index in [-0.39, 0.29) is 11.8 Å². The van der Waals surface area contributed by atoms with Crippen molar-refractivity contribution in [2.45, 2.75) is 32.4 Å². The summed E-state index contributed by atoms with van der Waals surface area (Å²) in [5.74, 6) is 0.907. The molecule has 0 heterocycles. The molecule has 0 aromatic heterocycles. The van der Waals surface area contributed by atoms with Crippen LogP contribution in [0.3, 0.4) is 0 Å². The Kier molecular flexibility index (Phi) is 5.47. The van der Waals surface area contributed by atoms with Crippen molar-refractivity contribution < 1.29 is 4.79 Å². The van der Waals surface area contributed by atoms with Gasteiger partial charge in [-0.25, -0.2) is 0 Å². The number of amides is 1. The maximum absolute atomic E-state index is 13.2. The van der Waals surface area contributed by atoms with Crippen LogP contribution in [0.15, 0.2) is 73.3 Å². The Morgan fingerprint density at radius 1 is 1.00 bits per heavy atom. The van der Waals surface area contributed by atoms with Gasteiger partial charge in [-0.1, -0.05) is 66.7 Å². The minimum absolute atomic E-state index is 0.0925. The molecule has 2 nitrogen and oxygen atoms in total. The zero-order valence-electron chi connectivity index (χ0n) is 14.1. The number of hydrogen-bond donors (Lipinski definition) is 0. The second-order valence-corrected chi connectivity index (χ2v) is 6.63. The van der Waals surface area contributed by atoms with Gasteiger partial charge in [0, 0.05) is 19.0 Å². The molecule has 1 fully saturated rings. The van der Waals surface area contributed by atoms with Crippen LogP contribution < -0.4 is 0 Å². The fraction of sp³-hybridized carbons (Fsp3) is 0.318. The number of benzene rings is 2. The van der Waals surface area contributed by atoms with Crippen LogP contribution in [0.2, 0.25) is 0 Å². The lowest BCUT2D eigenvalue weighted by molar-refractivity contribution is -0.137. The average molecular weight is 319 g/mol. The Morgan fingerprint density at radius 3 is 1.92 bits per heavy atom. The van der Waals surface area contributed by atoms with Gasteiger partial charge in [0.15, 0.2) is 0 Å². The number of allylic oxidation sites excluding steroid dienone is 1. The first kappa shape index (κ1) is 16.5. The van der Waals surface area contributed by atoms with E-state index in [1.54, 1.807) is 0 Å². The highest BCUT2D eigenvalue weighted by atomic mass is 16.2. The van der Waals surface area contributed by atoms with E-state index < -0.39 is 0 Å². The second-order valence-electron chi connectivity index (χ2n) is 6.63. The first-order valence-electron chi connectivity index (χ1n) is 8.75. The van der Waals surface area contributed by atoms with Crippen LogP contribution in [0.1, 0.15) is 30.4 Å². The number of carbonyl (C=O) groups is 1. The van der Waals surface area contributed by atoms with Crippen molar-refractivity contribution in [3.63, 3.8) is 0 Å². The van der Waals surface area contributed by atoms with Crippen LogP contribution in [-0.4, -0.2) is 10.8 Å². The molecule has 0 bridgehead atoms. The van der Waals surface area contributed by atoms with Crippen LogP contribution in [0, 0.1) is 11.8 Å². The molecular weight excluding hydrogens is 294 g/mol. The van der Waals surface area contributed by atoms with Gasteiger partial charge in [-0.3, -0.25) is 4.79 Å². The van der Waals surface area contributed by atoms with Gasteiger partial charge in [0.25, 0.3) is 0 Å². The lowest BCUT2D eigenvalue weighted by atomic mass is 9.97. The first-order valence-corrected chi connectivity index (χ1v) is 8.75. The average Bonchev–Trinajstić information content (AvgIpc) is 3.45. The van der Waals surface area contributed by atoms with E-state index in [4.69, 9.17) is 0 Å². The maximum atomic E-state index is 13.2. The maximum Gasteiger partial charge on any atom is 0.226 e. The molecule has 0 aliphatic heterocycles. The molecule has 3 rings (SSSR count). The minimum Gasteiger partial charge on any atom is -0.334 e. The fourth-order valence-electron chi connectivity index (χ4n) is 3.23. The molecule has 2 heteroatoms. The smallest absolute Gasteiger partial charge is 0.226 e. The molecule has 2 aromatic carbocycles. The molecule has 0 spiro atoms. The van der Waals surface area contributed by atoms with Crippen LogP contribution in [0.25, 0.3) is 0 Å². The molecule has 1 saturated carbocycles. The summed E-state index contributed by atoms with van der Waals surface area (Å²) in [4.78, 5) is 15.2. The molecule has 1 aliphatic carbocycles. The van der Waals surface area contributed by atoms with Crippen LogP contribution in [0.4, 0.5) is 0 Å². The molecule has 1 amide bonds. The van der Waals surface area contributed by atoms with Gasteiger partial charge in [-0.05, 0) is 36.3 Å². The van der Waals surface area contributed by atoms with Crippen molar-refractivity contribution in [2.24, 2.45) is 11.8 Å². The van der Waals surface area contributed by atoms with Gasteiger partial charge in [-0.15, -0.1) is 6.58 Å². The van der Waals surface area contributed by atoms with Gasteiger partial charge in [0.2, 0.25) is 5.91 Å². The number of carbonyl (C=O) groups excluding carboxylic acids is 1. The third-order valence-electron chi connectivity index (χ3n) is 4.67. The minimum atomic E-state index is 0.0925. The molecule has 0 saturated heterocycles. The van der Waals surface area contributed by atoms with Crippen LogP contribution >= 0.6 is 0 Å². The van der Waals surface area contributed by atoms with Gasteiger partial charge in [0.05, 0.1) is 0 Å². The van der Waals surface area contributed by atoms with Crippen molar-refractivity contribution in [2.75, 3.05) is 0 Å². The van der Waals surface area contributed by atoms with E-state index in [2.05, 4.69) is 30.8 Å². The number of nitrogens with zero attached hydrogens (tertiary/aromatic N) is 1. The molecule has 2 aromatic rings. The van der Waals surface area contributed by atoms with Crippen molar-refractivity contribution in [3.05, 3.63) is 84.4 Å². The summed E-state index contributed by atoms with van der Waals surface area (Å²) in [6, 6.07) is 20.5. The normalized spacial score (nSPS) is 14.8. The summed E-state index contributed by atoms with van der Waals surface area (Å²) >= 11 is 0. The lowest BCUT2D eigenvalue weighted by Gasteiger charge is -2.27. The standard InChI is InChI=1S/C22H25NO/c1-2-9-21(20-14-15-20)22(24)23(16-18-10-5-3-6-11-18)17-19-12-7-4-8-13-19/h2-8,10-13,20-21H,1,9,14-17H2. The predicted octanol–water partition coefficient (Wildman–Crippen LogP) is 4.82. The highest BCUT2D eigenvalue weighted by molar-refractivity contribution is 5.79. The topological polar surface area (TPSA) is 20.3 Å². The van der Waals surface area contributed by atoms with Crippen LogP contribution in [-0.2, 0) is 17.9 Å². The summed E-state index contributed by atoms with van der Waals surface area (Å²) in [6.07, 6.45) is 5.03. The third kappa shape index (κ3) is 4.35. The van der Waals surface area contributed by atoms with Crippen molar-refractivity contribution in [3.8, 4) is 0 Å². The Hall–Kier alpha value is -2.35. The van der Waals surface area contributed by atoms with Gasteiger partial charge >= 0.3 is 0 Å². The SMILES string of the molecule is C=CCC(C(=O)N(Cc1ccccc1)Cc1ccccc1)C1CC1. The van der Waals surface area contributed by atoms with Crippen molar-refractivity contribution >= 4 is 5.91 Å². The molecule has 0 radical (unpaired) electrons. The monoisotopic (exact) mass is 319 g/mol. The number of hydrogen-bond acceptors (Lipinski definition) is 1. The zero-order chi connectivity index (χ0) is 16.8. The van der Waals surface area contributed by atoms with Gasteiger partial charge < -0.3 is 4.90 Å². The summed E-state index contributed by atoms with van der Waals surface area (Å²) < 4.78 is 0. The van der Waals surface area contributed by atoms with E-state index in [0.29, 0.717) is 19.0 Å². The van der Waals surface area contributed by atoms with E-state index in [1.165, 1.54) is 24.0 Å². The molecule has 1 aliphatic rings. The van der Waals surface area contributed by atoms with Gasteiger partial charge in [0.1, 0.15) is 0 Å². The summed E-state index contributed by atoms with van der Waals surface area (Å²) in [5, 5.41) is 0. The largest absolute Gasteiger partial charge is 0.334 e. The fourth-order valence-corrected chi connectivity index (χ4v) is 3.23. The summed E-state index contributed by atoms with van der Waals surface area (Å²) in [6.45, 7) is 5.17. The second kappa shape index (κ2) is 7.96. The number of rotatable bonds is 8.